The fourth-order valence-electron chi connectivity index (χ4n) is 0.908. The van der Waals surface area contributed by atoms with E-state index in [1.165, 1.54) is 19.2 Å². The lowest BCUT2D eigenvalue weighted by molar-refractivity contribution is -0.136. The molecule has 0 aliphatic rings. The quantitative estimate of drug-likeness (QED) is 0.643. The van der Waals surface area contributed by atoms with Crippen molar-refractivity contribution in [2.45, 2.75) is 6.18 Å². The van der Waals surface area contributed by atoms with Crippen LogP contribution in [-0.2, 0) is 6.18 Å². The van der Waals surface area contributed by atoms with Crippen LogP contribution in [0.15, 0.2) is 18.2 Å². The molecule has 0 heterocycles. The van der Waals surface area contributed by atoms with Crippen LogP contribution in [-0.4, -0.2) is 7.11 Å². The van der Waals surface area contributed by atoms with Gasteiger partial charge in [-0.2, -0.15) is 13.2 Å². The molecule has 1 aromatic carbocycles. The Balaban J connectivity index is 3.19. The van der Waals surface area contributed by atoms with E-state index in [4.69, 9.17) is 4.74 Å². The van der Waals surface area contributed by atoms with Crippen LogP contribution in [0.5, 0.6) is 5.75 Å². The largest absolute Gasteiger partial charge is 0.497 e. The maximum atomic E-state index is 12.3. The summed E-state index contributed by atoms with van der Waals surface area (Å²) in [7, 11) is 3.37. The molecule has 0 aliphatic carbocycles. The number of methoxy groups -OCH3 is 1. The molecule has 13 heavy (non-hydrogen) atoms. The van der Waals surface area contributed by atoms with Crippen molar-refractivity contribution >= 4 is 14.5 Å². The van der Waals surface area contributed by atoms with Crippen molar-refractivity contribution < 1.29 is 17.9 Å². The molecule has 72 valence electrons. The van der Waals surface area contributed by atoms with E-state index in [0.29, 0.717) is 0 Å². The molecular formula is C8H8F3OP. The Morgan fingerprint density at radius 1 is 1.31 bits per heavy atom. The Kier molecular flexibility index (Phi) is 2.81. The number of halogens is 3. The van der Waals surface area contributed by atoms with E-state index >= 15 is 0 Å². The zero-order valence-electron chi connectivity index (χ0n) is 6.85. The molecule has 0 radical (unpaired) electrons. The second-order valence-electron chi connectivity index (χ2n) is 2.45. The van der Waals surface area contributed by atoms with Gasteiger partial charge in [0.25, 0.3) is 0 Å². The average Bonchev–Trinajstić information content (AvgIpc) is 2.03. The molecule has 1 nitrogen and oxygen atoms in total. The van der Waals surface area contributed by atoms with Gasteiger partial charge in [-0.15, -0.1) is 9.24 Å². The lowest BCUT2D eigenvalue weighted by Gasteiger charge is -2.10. The molecule has 1 atom stereocenters. The third kappa shape index (κ3) is 2.34. The summed E-state index contributed by atoms with van der Waals surface area (Å²) in [6.07, 6.45) is -4.33. The second-order valence-corrected chi connectivity index (χ2v) is 3.07. The van der Waals surface area contributed by atoms with Crippen LogP contribution in [0.25, 0.3) is 0 Å². The second kappa shape index (κ2) is 3.54. The number of ether oxygens (including phenoxy) is 1. The van der Waals surface area contributed by atoms with E-state index in [1.54, 1.807) is 0 Å². The van der Waals surface area contributed by atoms with Crippen LogP contribution >= 0.6 is 9.24 Å². The summed E-state index contributed by atoms with van der Waals surface area (Å²) in [6, 6.07) is 3.81. The minimum atomic E-state index is -4.33. The first-order chi connectivity index (χ1) is 5.95. The molecule has 5 heteroatoms. The van der Waals surface area contributed by atoms with Gasteiger partial charge >= 0.3 is 6.18 Å². The first-order valence-corrected chi connectivity index (χ1v) is 4.03. The summed E-state index contributed by atoms with van der Waals surface area (Å²) in [5, 5.41) is 0.119. The summed E-state index contributed by atoms with van der Waals surface area (Å²) < 4.78 is 41.6. The van der Waals surface area contributed by atoms with Crippen molar-refractivity contribution in [3.8, 4) is 5.75 Å². The van der Waals surface area contributed by atoms with Crippen molar-refractivity contribution in [2.75, 3.05) is 7.11 Å². The van der Waals surface area contributed by atoms with Crippen LogP contribution in [0, 0.1) is 0 Å². The highest BCUT2D eigenvalue weighted by atomic mass is 31.0. The molecule has 0 amide bonds. The lowest BCUT2D eigenvalue weighted by atomic mass is 10.2. The van der Waals surface area contributed by atoms with Gasteiger partial charge in [-0.3, -0.25) is 0 Å². The Hall–Kier alpha value is -0.760. The molecule has 0 saturated heterocycles. The van der Waals surface area contributed by atoms with Crippen molar-refractivity contribution in [1.82, 2.24) is 0 Å². The molecule has 0 aromatic heterocycles. The Labute approximate surface area is 76.1 Å². The van der Waals surface area contributed by atoms with Gasteiger partial charge in [0.1, 0.15) is 5.75 Å². The van der Waals surface area contributed by atoms with Crippen LogP contribution in [0.2, 0.25) is 0 Å². The van der Waals surface area contributed by atoms with Gasteiger partial charge in [-0.25, -0.2) is 0 Å². The van der Waals surface area contributed by atoms with E-state index in [-0.39, 0.29) is 11.1 Å². The highest BCUT2D eigenvalue weighted by molar-refractivity contribution is 7.27. The highest BCUT2D eigenvalue weighted by Gasteiger charge is 2.32. The van der Waals surface area contributed by atoms with E-state index in [2.05, 4.69) is 0 Å². The Morgan fingerprint density at radius 2 is 1.92 bits per heavy atom. The molecule has 1 unspecified atom stereocenters. The van der Waals surface area contributed by atoms with Gasteiger partial charge in [-0.05, 0) is 17.4 Å². The first-order valence-electron chi connectivity index (χ1n) is 3.46. The maximum absolute atomic E-state index is 12.3. The SMILES string of the molecule is COc1ccc(P)c(C(F)(F)F)c1. The summed E-state index contributed by atoms with van der Waals surface area (Å²) in [6.45, 7) is 0. The average molecular weight is 208 g/mol. The molecule has 0 bridgehead atoms. The topological polar surface area (TPSA) is 9.23 Å². The predicted octanol–water partition coefficient (Wildman–Crippen LogP) is 2.21. The minimum absolute atomic E-state index is 0.119. The maximum Gasteiger partial charge on any atom is 0.417 e. The fraction of sp³-hybridized carbons (Fsp3) is 0.250. The zero-order chi connectivity index (χ0) is 10.1. The van der Waals surface area contributed by atoms with Crippen molar-refractivity contribution in [2.24, 2.45) is 0 Å². The minimum Gasteiger partial charge on any atom is -0.497 e. The predicted molar refractivity (Wildman–Crippen MR) is 47.3 cm³/mol. The molecule has 0 aliphatic heterocycles. The van der Waals surface area contributed by atoms with Gasteiger partial charge in [0.15, 0.2) is 0 Å². The lowest BCUT2D eigenvalue weighted by Crippen LogP contribution is -2.14. The van der Waals surface area contributed by atoms with Crippen molar-refractivity contribution in [3.63, 3.8) is 0 Å². The third-order valence-corrected chi connectivity index (χ3v) is 2.07. The first kappa shape index (κ1) is 10.3. The van der Waals surface area contributed by atoms with Gasteiger partial charge in [0, 0.05) is 0 Å². The van der Waals surface area contributed by atoms with E-state index < -0.39 is 11.7 Å². The van der Waals surface area contributed by atoms with Crippen molar-refractivity contribution in [3.05, 3.63) is 23.8 Å². The Bertz CT molecular complexity index is 309. The molecular weight excluding hydrogens is 200 g/mol. The van der Waals surface area contributed by atoms with Crippen LogP contribution in [0.3, 0.4) is 0 Å². The van der Waals surface area contributed by atoms with Gasteiger partial charge in [0.2, 0.25) is 0 Å². The smallest absolute Gasteiger partial charge is 0.417 e. The molecule has 0 spiro atoms. The number of hydrogen-bond acceptors (Lipinski definition) is 1. The fourth-order valence-corrected chi connectivity index (χ4v) is 1.25. The van der Waals surface area contributed by atoms with Gasteiger partial charge < -0.3 is 4.74 Å². The normalized spacial score (nSPS) is 11.5. The zero-order valence-corrected chi connectivity index (χ0v) is 8.01. The molecule has 0 N–H and O–H groups in total. The number of rotatable bonds is 1. The molecule has 1 rings (SSSR count). The highest BCUT2D eigenvalue weighted by Crippen LogP contribution is 2.30. The Morgan fingerprint density at radius 3 is 2.38 bits per heavy atom. The van der Waals surface area contributed by atoms with Gasteiger partial charge in [-0.1, -0.05) is 6.07 Å². The van der Waals surface area contributed by atoms with Crippen molar-refractivity contribution in [1.29, 1.82) is 0 Å². The summed E-state index contributed by atoms with van der Waals surface area (Å²) in [5.41, 5.74) is -0.683. The number of alkyl halides is 3. The van der Waals surface area contributed by atoms with Crippen LogP contribution in [0.4, 0.5) is 13.2 Å². The van der Waals surface area contributed by atoms with E-state index in [0.717, 1.165) is 6.07 Å². The number of benzene rings is 1. The van der Waals surface area contributed by atoms with E-state index in [1.807, 2.05) is 9.24 Å². The standard InChI is InChI=1S/C8H8F3OP/c1-12-5-2-3-7(13)6(4-5)8(9,10)11/h2-4H,13H2,1H3. The number of hydrogen-bond donors (Lipinski definition) is 0. The van der Waals surface area contributed by atoms with Gasteiger partial charge in [0.05, 0.1) is 12.7 Å². The monoisotopic (exact) mass is 208 g/mol. The summed E-state index contributed by atoms with van der Waals surface area (Å²) >= 11 is 0. The molecule has 1 aromatic rings. The third-order valence-electron chi connectivity index (χ3n) is 1.57. The molecule has 0 saturated carbocycles. The molecule has 0 fully saturated rings. The van der Waals surface area contributed by atoms with E-state index in [9.17, 15) is 13.2 Å². The van der Waals surface area contributed by atoms with Crippen LogP contribution < -0.4 is 10.0 Å². The summed E-state index contributed by atoms with van der Waals surface area (Å²) in [4.78, 5) is 0. The van der Waals surface area contributed by atoms with Crippen LogP contribution in [0.1, 0.15) is 5.56 Å². The summed E-state index contributed by atoms with van der Waals surface area (Å²) in [5.74, 6) is 0.207.